The molecule has 13 heteroatoms. The molecule has 2 aromatic rings. The lowest BCUT2D eigenvalue weighted by Gasteiger charge is -2.37. The Balaban J connectivity index is 1.86. The minimum atomic E-state index is -5.82. The molecule has 1 amide bonds. The first kappa shape index (κ1) is 28.0. The van der Waals surface area contributed by atoms with Crippen LogP contribution in [0.5, 0.6) is 5.75 Å². The SMILES string of the molecule is CC(C)(C)OC(=O)N(C[C@H](O)c1ccc(Cl)nc1)[C@H]1CCc2ccc(OS(=O)(=O)C(F)(F)F)cc2C1. The van der Waals surface area contributed by atoms with Crippen molar-refractivity contribution in [1.29, 1.82) is 0 Å². The molecule has 0 aliphatic heterocycles. The number of hydrogen-bond acceptors (Lipinski definition) is 7. The highest BCUT2D eigenvalue weighted by Gasteiger charge is 2.48. The molecule has 0 radical (unpaired) electrons. The van der Waals surface area contributed by atoms with Crippen molar-refractivity contribution < 1.29 is 40.4 Å². The van der Waals surface area contributed by atoms with Gasteiger partial charge in [0.25, 0.3) is 0 Å². The van der Waals surface area contributed by atoms with Crippen LogP contribution in [0.2, 0.25) is 5.15 Å². The van der Waals surface area contributed by atoms with E-state index in [1.54, 1.807) is 26.8 Å². The van der Waals surface area contributed by atoms with Crippen LogP contribution in [0.4, 0.5) is 18.0 Å². The van der Waals surface area contributed by atoms with Crippen molar-refractivity contribution in [2.75, 3.05) is 6.54 Å². The van der Waals surface area contributed by atoms with Crippen LogP contribution in [0, 0.1) is 0 Å². The van der Waals surface area contributed by atoms with Gasteiger partial charge in [-0.2, -0.15) is 21.6 Å². The summed E-state index contributed by atoms with van der Waals surface area (Å²) in [5, 5.41) is 11.0. The molecule has 1 N–H and O–H groups in total. The summed E-state index contributed by atoms with van der Waals surface area (Å²) in [7, 11) is -5.82. The summed E-state index contributed by atoms with van der Waals surface area (Å²) in [5.41, 5.74) is -4.64. The summed E-state index contributed by atoms with van der Waals surface area (Å²) in [5.74, 6) is -0.484. The summed E-state index contributed by atoms with van der Waals surface area (Å²) in [6.45, 7) is 4.95. The second-order valence-electron chi connectivity index (χ2n) is 9.37. The summed E-state index contributed by atoms with van der Waals surface area (Å²) < 4.78 is 70.8. The molecular weight excluding hydrogens is 525 g/mol. The molecule has 1 aliphatic rings. The molecule has 3 rings (SSSR count). The zero-order valence-electron chi connectivity index (χ0n) is 19.8. The van der Waals surface area contributed by atoms with E-state index in [1.807, 2.05) is 0 Å². The molecule has 1 aliphatic carbocycles. The normalized spacial score (nSPS) is 17.2. The fraction of sp³-hybridized carbons (Fsp3) is 0.478. The maximum Gasteiger partial charge on any atom is 0.534 e. The Morgan fingerprint density at radius 1 is 1.22 bits per heavy atom. The van der Waals surface area contributed by atoms with Gasteiger partial charge in [0.05, 0.1) is 12.6 Å². The average Bonchev–Trinajstić information content (AvgIpc) is 2.75. The maximum atomic E-state index is 13.1. The third-order valence-corrected chi connectivity index (χ3v) is 6.65. The number of amides is 1. The monoisotopic (exact) mass is 550 g/mol. The Kier molecular flexibility index (Phi) is 8.11. The second kappa shape index (κ2) is 10.4. The number of alkyl halides is 3. The van der Waals surface area contributed by atoms with Gasteiger partial charge in [-0.3, -0.25) is 0 Å². The summed E-state index contributed by atoms with van der Waals surface area (Å²) in [4.78, 5) is 18.4. The first-order valence-electron chi connectivity index (χ1n) is 11.0. The van der Waals surface area contributed by atoms with Crippen LogP contribution < -0.4 is 4.18 Å². The van der Waals surface area contributed by atoms with Crippen LogP contribution in [0.3, 0.4) is 0 Å². The van der Waals surface area contributed by atoms with E-state index in [-0.39, 0.29) is 18.1 Å². The van der Waals surface area contributed by atoms with Crippen molar-refractivity contribution in [3.8, 4) is 5.75 Å². The van der Waals surface area contributed by atoms with E-state index >= 15 is 0 Å². The van der Waals surface area contributed by atoms with Crippen LogP contribution in [0.1, 0.15) is 50.0 Å². The fourth-order valence-electron chi connectivity index (χ4n) is 3.78. The number of benzene rings is 1. The zero-order chi connectivity index (χ0) is 26.9. The molecule has 0 spiro atoms. The fourth-order valence-corrected chi connectivity index (χ4v) is 4.34. The number of carbonyl (C=O) groups excluding carboxylic acids is 1. The van der Waals surface area contributed by atoms with Gasteiger partial charge in [-0.05, 0) is 69.4 Å². The van der Waals surface area contributed by atoms with E-state index in [1.165, 1.54) is 29.3 Å². The van der Waals surface area contributed by atoms with Crippen molar-refractivity contribution in [1.82, 2.24) is 9.88 Å². The van der Waals surface area contributed by atoms with Gasteiger partial charge in [0.15, 0.2) is 0 Å². The molecule has 8 nitrogen and oxygen atoms in total. The van der Waals surface area contributed by atoms with E-state index in [0.717, 1.165) is 11.6 Å². The second-order valence-corrected chi connectivity index (χ2v) is 11.3. The molecule has 36 heavy (non-hydrogen) atoms. The number of aromatic nitrogens is 1. The number of halogens is 4. The van der Waals surface area contributed by atoms with Gasteiger partial charge in [0.1, 0.15) is 16.5 Å². The number of aryl methyl sites for hydroxylation is 1. The van der Waals surface area contributed by atoms with E-state index < -0.39 is 45.2 Å². The maximum absolute atomic E-state index is 13.1. The minimum absolute atomic E-state index is 0.142. The average molecular weight is 551 g/mol. The highest BCUT2D eigenvalue weighted by Crippen LogP contribution is 2.32. The van der Waals surface area contributed by atoms with Crippen molar-refractivity contribution in [2.24, 2.45) is 0 Å². The van der Waals surface area contributed by atoms with Gasteiger partial charge in [0, 0.05) is 17.8 Å². The van der Waals surface area contributed by atoms with Crippen LogP contribution >= 0.6 is 11.6 Å². The van der Waals surface area contributed by atoms with Gasteiger partial charge in [-0.1, -0.05) is 23.7 Å². The van der Waals surface area contributed by atoms with E-state index in [2.05, 4.69) is 9.17 Å². The minimum Gasteiger partial charge on any atom is -0.444 e. The Labute approximate surface area is 212 Å². The van der Waals surface area contributed by atoms with Crippen molar-refractivity contribution in [2.45, 2.75) is 63.3 Å². The molecule has 0 fully saturated rings. The number of aliphatic hydroxyl groups excluding tert-OH is 1. The summed E-state index contributed by atoms with van der Waals surface area (Å²) in [6.07, 6.45) is 0.729. The standard InChI is InChI=1S/C23H26ClF3N2O6S/c1-22(2,3)34-21(31)29(13-19(30)15-6-9-20(24)28-12-15)17-7-4-14-5-8-18(11-16(14)10-17)35-36(32,33)23(25,26)27/h5-6,8-9,11-12,17,19,30H,4,7,10,13H2,1-3H3/t17-,19-/m0/s1. The molecule has 1 heterocycles. The molecule has 1 aromatic heterocycles. The molecule has 0 unspecified atom stereocenters. The van der Waals surface area contributed by atoms with Gasteiger partial charge < -0.3 is 18.9 Å². The van der Waals surface area contributed by atoms with Crippen molar-refractivity contribution in [3.63, 3.8) is 0 Å². The molecule has 198 valence electrons. The smallest absolute Gasteiger partial charge is 0.444 e. The quantitative estimate of drug-likeness (QED) is 0.313. The van der Waals surface area contributed by atoms with E-state index in [9.17, 15) is 31.5 Å². The lowest BCUT2D eigenvalue weighted by molar-refractivity contribution is -0.0500. The molecule has 0 saturated heterocycles. The number of aliphatic hydroxyl groups is 1. The number of pyridine rings is 1. The van der Waals surface area contributed by atoms with Gasteiger partial charge >= 0.3 is 21.7 Å². The number of carbonyl (C=O) groups is 1. The Morgan fingerprint density at radius 2 is 1.92 bits per heavy atom. The Morgan fingerprint density at radius 3 is 2.50 bits per heavy atom. The van der Waals surface area contributed by atoms with Gasteiger partial charge in [-0.25, -0.2) is 9.78 Å². The van der Waals surface area contributed by atoms with Crippen LogP contribution in [0.25, 0.3) is 0 Å². The van der Waals surface area contributed by atoms with Crippen molar-refractivity contribution in [3.05, 3.63) is 58.4 Å². The molecule has 0 saturated carbocycles. The van der Waals surface area contributed by atoms with E-state index in [4.69, 9.17) is 16.3 Å². The number of fused-ring (bicyclic) bond motifs is 1. The van der Waals surface area contributed by atoms with Crippen molar-refractivity contribution >= 4 is 27.8 Å². The molecular formula is C23H26ClF3N2O6S. The number of hydrogen-bond donors (Lipinski definition) is 1. The lowest BCUT2D eigenvalue weighted by Crippen LogP contribution is -2.47. The number of nitrogens with zero attached hydrogens (tertiary/aromatic N) is 2. The first-order valence-corrected chi connectivity index (χ1v) is 12.8. The van der Waals surface area contributed by atoms with Gasteiger partial charge in [-0.15, -0.1) is 0 Å². The zero-order valence-corrected chi connectivity index (χ0v) is 21.3. The molecule has 0 bridgehead atoms. The lowest BCUT2D eigenvalue weighted by atomic mass is 9.87. The van der Waals surface area contributed by atoms with Crippen LogP contribution in [0.15, 0.2) is 36.5 Å². The molecule has 1 aromatic carbocycles. The van der Waals surface area contributed by atoms with Gasteiger partial charge in [0.2, 0.25) is 0 Å². The number of ether oxygens (including phenoxy) is 1. The third kappa shape index (κ3) is 7.01. The first-order chi connectivity index (χ1) is 16.6. The highest BCUT2D eigenvalue weighted by molar-refractivity contribution is 7.88. The molecule has 2 atom stereocenters. The van der Waals surface area contributed by atoms with Crippen LogP contribution in [-0.2, 0) is 27.7 Å². The predicted octanol–water partition coefficient (Wildman–Crippen LogP) is 4.79. The Bertz CT molecular complexity index is 1200. The Hall–Kier alpha value is -2.57. The summed E-state index contributed by atoms with van der Waals surface area (Å²) >= 11 is 5.81. The topological polar surface area (TPSA) is 106 Å². The van der Waals surface area contributed by atoms with E-state index in [0.29, 0.717) is 24.0 Å². The highest BCUT2D eigenvalue weighted by atomic mass is 35.5. The van der Waals surface area contributed by atoms with Crippen LogP contribution in [-0.4, -0.2) is 53.2 Å². The third-order valence-electron chi connectivity index (χ3n) is 5.44. The number of rotatable bonds is 6. The largest absolute Gasteiger partial charge is 0.534 e. The predicted molar refractivity (Wildman–Crippen MR) is 125 cm³/mol. The summed E-state index contributed by atoms with van der Waals surface area (Å²) in [6, 6.07) is 6.47.